The van der Waals surface area contributed by atoms with E-state index < -0.39 is 12.0 Å². The molecule has 6 rings (SSSR count). The van der Waals surface area contributed by atoms with Gasteiger partial charge in [0.15, 0.2) is 0 Å². The molecule has 2 amide bonds. The largest absolute Gasteiger partial charge is 0.393 e. The van der Waals surface area contributed by atoms with Gasteiger partial charge in [0.1, 0.15) is 0 Å². The van der Waals surface area contributed by atoms with E-state index in [1.807, 2.05) is 41.3 Å². The molecule has 8 heteroatoms. The van der Waals surface area contributed by atoms with Crippen molar-refractivity contribution >= 4 is 56.4 Å². The Morgan fingerprint density at radius 1 is 0.974 bits per heavy atom. The van der Waals surface area contributed by atoms with Gasteiger partial charge in [-0.3, -0.25) is 9.59 Å². The molecule has 0 spiro atoms. The molecule has 0 radical (unpaired) electrons. The van der Waals surface area contributed by atoms with Crippen LogP contribution >= 0.6 is 34.5 Å². The van der Waals surface area contributed by atoms with Gasteiger partial charge in [-0.2, -0.15) is 0 Å². The average molecular weight is 580 g/mol. The SMILES string of the molecule is O=C(NCc1csc2ccccc12)[C@@H]1c2ccccc2C(=O)N([C@H]2CC[C@H](O)CC2)[C@H]1c1ccc(Cl)cc1Cl. The van der Waals surface area contributed by atoms with Crippen LogP contribution in [0.25, 0.3) is 10.1 Å². The Hall–Kier alpha value is -2.90. The van der Waals surface area contributed by atoms with Crippen LogP contribution in [0.15, 0.2) is 72.1 Å². The summed E-state index contributed by atoms with van der Waals surface area (Å²) in [6.45, 7) is 0.381. The lowest BCUT2D eigenvalue weighted by Crippen LogP contribution is -2.52. The summed E-state index contributed by atoms with van der Waals surface area (Å²) >= 11 is 14.7. The zero-order chi connectivity index (χ0) is 27.1. The highest BCUT2D eigenvalue weighted by molar-refractivity contribution is 7.17. The van der Waals surface area contributed by atoms with Crippen molar-refractivity contribution in [3.05, 3.63) is 104 Å². The van der Waals surface area contributed by atoms with Crippen LogP contribution < -0.4 is 5.32 Å². The Balaban J connectivity index is 1.43. The summed E-state index contributed by atoms with van der Waals surface area (Å²) in [5.41, 5.74) is 2.98. The molecule has 4 aromatic rings. The van der Waals surface area contributed by atoms with Crippen molar-refractivity contribution in [2.45, 2.75) is 56.3 Å². The summed E-state index contributed by atoms with van der Waals surface area (Å²) < 4.78 is 1.17. The van der Waals surface area contributed by atoms with E-state index in [1.165, 1.54) is 4.70 Å². The van der Waals surface area contributed by atoms with Gasteiger partial charge in [-0.25, -0.2) is 0 Å². The lowest BCUT2D eigenvalue weighted by atomic mass is 9.77. The van der Waals surface area contributed by atoms with E-state index in [0.717, 1.165) is 10.9 Å². The minimum atomic E-state index is -0.672. The number of amides is 2. The molecule has 0 unspecified atom stereocenters. The maximum absolute atomic E-state index is 14.2. The standard InChI is InChI=1S/C31H28Cl2N2O3S/c32-19-9-14-25(26(33)15-19)29-28(30(37)34-16-18-17-39-27-8-4-3-5-22(18)27)23-6-1-2-7-24(23)31(38)35(29)20-10-12-21(36)13-11-20/h1-9,14-15,17,20-21,28-29,36H,10-13,16H2,(H,34,37)/t20-,21-,28-,29+/m1/s1. The van der Waals surface area contributed by atoms with E-state index in [-0.39, 0.29) is 24.0 Å². The van der Waals surface area contributed by atoms with Gasteiger partial charge in [-0.1, -0.05) is 65.7 Å². The number of aliphatic hydroxyl groups excluding tert-OH is 1. The molecule has 1 fully saturated rings. The van der Waals surface area contributed by atoms with Crippen LogP contribution in [0.3, 0.4) is 0 Å². The van der Waals surface area contributed by atoms with Gasteiger partial charge in [0.25, 0.3) is 5.91 Å². The molecule has 0 bridgehead atoms. The molecule has 1 aromatic heterocycles. The minimum absolute atomic E-state index is 0.115. The first kappa shape index (κ1) is 26.3. The molecule has 39 heavy (non-hydrogen) atoms. The van der Waals surface area contributed by atoms with Crippen LogP contribution in [0, 0.1) is 0 Å². The first-order valence-electron chi connectivity index (χ1n) is 13.2. The summed E-state index contributed by atoms with van der Waals surface area (Å²) in [4.78, 5) is 30.1. The monoisotopic (exact) mass is 578 g/mol. The van der Waals surface area contributed by atoms with E-state index >= 15 is 0 Å². The predicted octanol–water partition coefficient (Wildman–Crippen LogP) is 7.11. The molecule has 2 N–H and O–H groups in total. The maximum atomic E-state index is 14.2. The van der Waals surface area contributed by atoms with E-state index in [9.17, 15) is 14.7 Å². The van der Waals surface area contributed by atoms with Crippen molar-refractivity contribution in [3.63, 3.8) is 0 Å². The van der Waals surface area contributed by atoms with Gasteiger partial charge >= 0.3 is 0 Å². The van der Waals surface area contributed by atoms with Crippen molar-refractivity contribution in [2.24, 2.45) is 0 Å². The average Bonchev–Trinajstić information content (AvgIpc) is 3.36. The zero-order valence-electron chi connectivity index (χ0n) is 21.1. The number of thiophene rings is 1. The molecule has 1 saturated carbocycles. The van der Waals surface area contributed by atoms with Crippen LogP contribution in [0.2, 0.25) is 10.0 Å². The molecule has 1 aliphatic heterocycles. The smallest absolute Gasteiger partial charge is 0.254 e. The number of carbonyl (C=O) groups excluding carboxylic acids is 2. The molecular weight excluding hydrogens is 551 g/mol. The Morgan fingerprint density at radius 3 is 2.51 bits per heavy atom. The number of aliphatic hydroxyl groups is 1. The molecule has 2 aliphatic rings. The minimum Gasteiger partial charge on any atom is -0.393 e. The number of fused-ring (bicyclic) bond motifs is 2. The van der Waals surface area contributed by atoms with Crippen LogP contribution in [0.1, 0.15) is 64.7 Å². The Morgan fingerprint density at radius 2 is 1.72 bits per heavy atom. The Labute approximate surface area is 241 Å². The number of rotatable bonds is 5. The second-order valence-electron chi connectivity index (χ2n) is 10.3. The molecule has 1 aliphatic carbocycles. The van der Waals surface area contributed by atoms with E-state index in [2.05, 4.69) is 22.8 Å². The van der Waals surface area contributed by atoms with Gasteiger partial charge in [-0.05, 0) is 77.4 Å². The third kappa shape index (κ3) is 4.95. The molecular formula is C31H28Cl2N2O3S. The number of nitrogens with one attached hydrogen (secondary N) is 1. The maximum Gasteiger partial charge on any atom is 0.254 e. The Bertz CT molecular complexity index is 1550. The lowest BCUT2D eigenvalue weighted by molar-refractivity contribution is -0.124. The van der Waals surface area contributed by atoms with E-state index in [0.29, 0.717) is 59.0 Å². The fourth-order valence-electron chi connectivity index (χ4n) is 6.11. The molecule has 200 valence electrons. The molecule has 2 atom stereocenters. The van der Waals surface area contributed by atoms with Crippen molar-refractivity contribution in [3.8, 4) is 0 Å². The van der Waals surface area contributed by atoms with Gasteiger partial charge in [0.05, 0.1) is 18.1 Å². The highest BCUT2D eigenvalue weighted by Gasteiger charge is 2.47. The van der Waals surface area contributed by atoms with Crippen LogP contribution in [-0.2, 0) is 11.3 Å². The second-order valence-corrected chi connectivity index (χ2v) is 12.1. The summed E-state index contributed by atoms with van der Waals surface area (Å²) in [6.07, 6.45) is 2.17. The van der Waals surface area contributed by atoms with Crippen LogP contribution in [0.4, 0.5) is 0 Å². The van der Waals surface area contributed by atoms with Crippen molar-refractivity contribution in [1.82, 2.24) is 10.2 Å². The molecule has 3 aromatic carbocycles. The highest BCUT2D eigenvalue weighted by atomic mass is 35.5. The normalized spacial score (nSPS) is 23.1. The van der Waals surface area contributed by atoms with Crippen molar-refractivity contribution < 1.29 is 14.7 Å². The van der Waals surface area contributed by atoms with Gasteiger partial charge in [0, 0.05) is 32.9 Å². The van der Waals surface area contributed by atoms with Gasteiger partial charge in [-0.15, -0.1) is 11.3 Å². The summed E-state index contributed by atoms with van der Waals surface area (Å²) in [7, 11) is 0. The van der Waals surface area contributed by atoms with E-state index in [4.69, 9.17) is 23.2 Å². The number of nitrogens with zero attached hydrogens (tertiary/aromatic N) is 1. The topological polar surface area (TPSA) is 69.6 Å². The van der Waals surface area contributed by atoms with Crippen molar-refractivity contribution in [2.75, 3.05) is 0 Å². The quantitative estimate of drug-likeness (QED) is 0.265. The fourth-order valence-corrected chi connectivity index (χ4v) is 7.59. The zero-order valence-corrected chi connectivity index (χ0v) is 23.5. The predicted molar refractivity (Wildman–Crippen MR) is 156 cm³/mol. The number of benzene rings is 3. The van der Waals surface area contributed by atoms with Gasteiger partial charge < -0.3 is 15.3 Å². The number of hydrogen-bond donors (Lipinski definition) is 2. The third-order valence-electron chi connectivity index (χ3n) is 8.01. The Kier molecular flexibility index (Phi) is 7.38. The second kappa shape index (κ2) is 10.9. The molecule has 0 saturated heterocycles. The molecule has 5 nitrogen and oxygen atoms in total. The lowest BCUT2D eigenvalue weighted by Gasteiger charge is -2.47. The summed E-state index contributed by atoms with van der Waals surface area (Å²) in [5, 5.41) is 17.5. The number of hydrogen-bond acceptors (Lipinski definition) is 4. The van der Waals surface area contributed by atoms with Gasteiger partial charge in [0.2, 0.25) is 5.91 Å². The molecule has 2 heterocycles. The van der Waals surface area contributed by atoms with E-state index in [1.54, 1.807) is 29.5 Å². The number of halogens is 2. The van der Waals surface area contributed by atoms with Crippen LogP contribution in [0.5, 0.6) is 0 Å². The first-order chi connectivity index (χ1) is 18.9. The summed E-state index contributed by atoms with van der Waals surface area (Å²) in [6, 6.07) is 20.0. The van der Waals surface area contributed by atoms with Crippen molar-refractivity contribution in [1.29, 1.82) is 0 Å². The highest BCUT2D eigenvalue weighted by Crippen LogP contribution is 2.47. The third-order valence-corrected chi connectivity index (χ3v) is 9.59. The summed E-state index contributed by atoms with van der Waals surface area (Å²) in [5.74, 6) is -0.952. The number of carbonyl (C=O) groups is 2. The van der Waals surface area contributed by atoms with Crippen LogP contribution in [-0.4, -0.2) is 34.0 Å². The first-order valence-corrected chi connectivity index (χ1v) is 14.8. The fraction of sp³-hybridized carbons (Fsp3) is 0.290.